The van der Waals surface area contributed by atoms with Crippen LogP contribution in [0.15, 0.2) is 18.2 Å². The van der Waals surface area contributed by atoms with E-state index < -0.39 is 47.0 Å². The summed E-state index contributed by atoms with van der Waals surface area (Å²) in [5.41, 5.74) is -3.65. The molecule has 1 heterocycles. The molecule has 1 fully saturated rings. The van der Waals surface area contributed by atoms with Crippen LogP contribution in [-0.4, -0.2) is 41.5 Å². The van der Waals surface area contributed by atoms with Crippen molar-refractivity contribution in [2.24, 2.45) is 5.92 Å². The second kappa shape index (κ2) is 8.99. The second-order valence-electron chi connectivity index (χ2n) is 6.23. The quantitative estimate of drug-likeness (QED) is 0.706. The maximum atomic E-state index is 12.8. The fourth-order valence-corrected chi connectivity index (χ4v) is 2.77. The molecule has 0 atom stereocenters. The fraction of sp³-hybridized carbons (Fsp3) is 0.500. The SMILES string of the molecule is Cl.O=C(CN1CCC(C(=O)O)CC1)Nc1cc(C(F)(F)F)cc(C(F)(F)F)c1. The number of carbonyl (C=O) groups excluding carboxylic acids is 1. The summed E-state index contributed by atoms with van der Waals surface area (Å²) < 4.78 is 76.9. The second-order valence-corrected chi connectivity index (χ2v) is 6.23. The van der Waals surface area contributed by atoms with Crippen LogP contribution in [0.25, 0.3) is 0 Å². The molecule has 1 amide bonds. The first-order valence-corrected chi connectivity index (χ1v) is 7.91. The lowest BCUT2D eigenvalue weighted by molar-refractivity contribution is -0.144. The average molecular weight is 435 g/mol. The Morgan fingerprint density at radius 3 is 1.86 bits per heavy atom. The number of carboxylic acids is 1. The van der Waals surface area contributed by atoms with E-state index >= 15 is 0 Å². The van der Waals surface area contributed by atoms with E-state index in [0.29, 0.717) is 38.1 Å². The van der Waals surface area contributed by atoms with Gasteiger partial charge in [-0.25, -0.2) is 0 Å². The molecule has 1 aromatic rings. The number of piperidine rings is 1. The van der Waals surface area contributed by atoms with Gasteiger partial charge in [-0.2, -0.15) is 26.3 Å². The molecule has 0 aromatic heterocycles. The third kappa shape index (κ3) is 6.55. The third-order valence-electron chi connectivity index (χ3n) is 4.18. The van der Waals surface area contributed by atoms with E-state index in [1.54, 1.807) is 4.90 Å². The number of rotatable bonds is 4. The van der Waals surface area contributed by atoms with Crippen LogP contribution < -0.4 is 5.32 Å². The average Bonchev–Trinajstić information content (AvgIpc) is 2.53. The van der Waals surface area contributed by atoms with Crippen LogP contribution in [0.4, 0.5) is 32.0 Å². The highest BCUT2D eigenvalue weighted by molar-refractivity contribution is 5.92. The van der Waals surface area contributed by atoms with Crippen molar-refractivity contribution >= 4 is 30.0 Å². The summed E-state index contributed by atoms with van der Waals surface area (Å²) in [4.78, 5) is 24.4. The number of alkyl halides is 6. The molecule has 1 aliphatic heterocycles. The Labute approximate surface area is 162 Å². The van der Waals surface area contributed by atoms with E-state index in [1.807, 2.05) is 0 Å². The highest BCUT2D eigenvalue weighted by Crippen LogP contribution is 2.37. The molecular weight excluding hydrogens is 418 g/mol. The number of hydrogen-bond donors (Lipinski definition) is 2. The number of hydrogen-bond acceptors (Lipinski definition) is 3. The Bertz CT molecular complexity index is 683. The summed E-state index contributed by atoms with van der Waals surface area (Å²) in [6.07, 6.45) is -9.38. The molecule has 28 heavy (non-hydrogen) atoms. The standard InChI is InChI=1S/C16H16F6N2O3.ClH/c17-15(18,19)10-5-11(16(20,21)22)7-12(6-10)23-13(25)8-24-3-1-9(2-4-24)14(26)27;/h5-7,9H,1-4,8H2,(H,23,25)(H,26,27);1H. The zero-order valence-electron chi connectivity index (χ0n) is 14.2. The third-order valence-corrected chi connectivity index (χ3v) is 4.18. The first-order valence-electron chi connectivity index (χ1n) is 7.91. The maximum Gasteiger partial charge on any atom is 0.416 e. The predicted molar refractivity (Wildman–Crippen MR) is 89.1 cm³/mol. The molecule has 158 valence electrons. The number of carbonyl (C=O) groups is 2. The number of amides is 1. The number of nitrogens with zero attached hydrogens (tertiary/aromatic N) is 1. The maximum absolute atomic E-state index is 12.8. The van der Waals surface area contributed by atoms with Crippen LogP contribution in [0, 0.1) is 5.92 Å². The summed E-state index contributed by atoms with van der Waals surface area (Å²) in [5.74, 6) is -2.25. The van der Waals surface area contributed by atoms with Gasteiger partial charge in [0, 0.05) is 5.69 Å². The normalized spacial score (nSPS) is 16.4. The predicted octanol–water partition coefficient (Wildman–Crippen LogP) is 3.88. The summed E-state index contributed by atoms with van der Waals surface area (Å²) in [6.45, 7) is 0.325. The van der Waals surface area contributed by atoms with Gasteiger partial charge in [0.15, 0.2) is 0 Å². The monoisotopic (exact) mass is 434 g/mol. The van der Waals surface area contributed by atoms with Crippen LogP contribution in [-0.2, 0) is 21.9 Å². The molecule has 2 rings (SSSR count). The van der Waals surface area contributed by atoms with E-state index in [1.165, 1.54) is 0 Å². The van der Waals surface area contributed by atoms with Crippen molar-refractivity contribution in [1.82, 2.24) is 4.90 Å². The van der Waals surface area contributed by atoms with E-state index in [0.717, 1.165) is 0 Å². The van der Waals surface area contributed by atoms with Gasteiger partial charge in [-0.1, -0.05) is 0 Å². The van der Waals surface area contributed by atoms with E-state index in [-0.39, 0.29) is 25.0 Å². The summed E-state index contributed by atoms with van der Waals surface area (Å²) in [5, 5.41) is 11.0. The van der Waals surface area contributed by atoms with E-state index in [9.17, 15) is 35.9 Å². The number of carboxylic acid groups (broad SMARTS) is 1. The van der Waals surface area contributed by atoms with Gasteiger partial charge in [-0.05, 0) is 44.1 Å². The van der Waals surface area contributed by atoms with Crippen molar-refractivity contribution in [2.45, 2.75) is 25.2 Å². The molecule has 1 aromatic carbocycles. The zero-order chi connectivity index (χ0) is 20.4. The first-order chi connectivity index (χ1) is 12.4. The Hall–Kier alpha value is -2.01. The van der Waals surface area contributed by atoms with Crippen LogP contribution in [0.3, 0.4) is 0 Å². The topological polar surface area (TPSA) is 69.6 Å². The van der Waals surface area contributed by atoms with Gasteiger partial charge < -0.3 is 10.4 Å². The van der Waals surface area contributed by atoms with Crippen molar-refractivity contribution < 1.29 is 41.0 Å². The van der Waals surface area contributed by atoms with Crippen LogP contribution in [0.1, 0.15) is 24.0 Å². The molecule has 0 bridgehead atoms. The van der Waals surface area contributed by atoms with Crippen molar-refractivity contribution in [3.8, 4) is 0 Å². The van der Waals surface area contributed by atoms with Gasteiger partial charge in [0.2, 0.25) is 5.91 Å². The number of anilines is 1. The Balaban J connectivity index is 0.00000392. The van der Waals surface area contributed by atoms with Gasteiger partial charge in [-0.3, -0.25) is 14.5 Å². The first kappa shape index (κ1) is 24.0. The lowest BCUT2D eigenvalue weighted by Crippen LogP contribution is -2.40. The lowest BCUT2D eigenvalue weighted by atomic mass is 9.97. The number of likely N-dealkylation sites (tertiary alicyclic amines) is 1. The number of aliphatic carboxylic acids is 1. The van der Waals surface area contributed by atoms with Crippen LogP contribution in [0.2, 0.25) is 0 Å². The van der Waals surface area contributed by atoms with Crippen molar-refractivity contribution in [2.75, 3.05) is 25.0 Å². The molecule has 12 heteroatoms. The molecule has 0 aliphatic carbocycles. The lowest BCUT2D eigenvalue weighted by Gasteiger charge is -2.29. The van der Waals surface area contributed by atoms with E-state index in [4.69, 9.17) is 5.11 Å². The molecular formula is C16H17ClF6N2O3. The summed E-state index contributed by atoms with van der Waals surface area (Å²) in [6, 6.07) is 0.847. The molecule has 5 nitrogen and oxygen atoms in total. The minimum atomic E-state index is -5.00. The van der Waals surface area contributed by atoms with Crippen molar-refractivity contribution in [1.29, 1.82) is 0 Å². The molecule has 0 radical (unpaired) electrons. The molecule has 2 N–H and O–H groups in total. The molecule has 0 spiro atoms. The van der Waals surface area contributed by atoms with Crippen LogP contribution >= 0.6 is 12.4 Å². The summed E-state index contributed by atoms with van der Waals surface area (Å²) >= 11 is 0. The van der Waals surface area contributed by atoms with Crippen molar-refractivity contribution in [3.05, 3.63) is 29.3 Å². The molecule has 0 saturated carbocycles. The Kier molecular flexibility index (Phi) is 7.72. The largest absolute Gasteiger partial charge is 0.481 e. The molecule has 1 saturated heterocycles. The van der Waals surface area contributed by atoms with Gasteiger partial charge in [0.1, 0.15) is 0 Å². The van der Waals surface area contributed by atoms with Gasteiger partial charge >= 0.3 is 18.3 Å². The van der Waals surface area contributed by atoms with Gasteiger partial charge in [0.25, 0.3) is 0 Å². The van der Waals surface area contributed by atoms with Crippen LogP contribution in [0.5, 0.6) is 0 Å². The fourth-order valence-electron chi connectivity index (χ4n) is 2.77. The highest BCUT2D eigenvalue weighted by Gasteiger charge is 2.37. The van der Waals surface area contributed by atoms with Gasteiger partial charge in [-0.15, -0.1) is 12.4 Å². The van der Waals surface area contributed by atoms with Gasteiger partial charge in [0.05, 0.1) is 23.6 Å². The number of halogens is 7. The minimum absolute atomic E-state index is 0. The highest BCUT2D eigenvalue weighted by atomic mass is 35.5. The smallest absolute Gasteiger partial charge is 0.416 e. The van der Waals surface area contributed by atoms with Crippen molar-refractivity contribution in [3.63, 3.8) is 0 Å². The minimum Gasteiger partial charge on any atom is -0.481 e. The Morgan fingerprint density at radius 1 is 1.00 bits per heavy atom. The number of nitrogens with one attached hydrogen (secondary N) is 1. The summed E-state index contributed by atoms with van der Waals surface area (Å²) in [7, 11) is 0. The molecule has 1 aliphatic rings. The zero-order valence-corrected chi connectivity index (χ0v) is 15.0. The molecule has 0 unspecified atom stereocenters. The number of benzene rings is 1. The van der Waals surface area contributed by atoms with E-state index in [2.05, 4.69) is 5.32 Å². The Morgan fingerprint density at radius 2 is 1.46 bits per heavy atom.